The number of aromatic nitrogens is 5. The van der Waals surface area contributed by atoms with Crippen LogP contribution in [0.4, 0.5) is 0 Å². The molecule has 0 aliphatic heterocycles. The molecule has 0 saturated heterocycles. The Morgan fingerprint density at radius 2 is 2.17 bits per heavy atom. The third kappa shape index (κ3) is 3.13. The lowest BCUT2D eigenvalue weighted by Crippen LogP contribution is -1.91. The van der Waals surface area contributed by atoms with Crippen LogP contribution in [0.25, 0.3) is 16.3 Å². The molecule has 4 aromatic heterocycles. The van der Waals surface area contributed by atoms with Crippen molar-refractivity contribution in [2.24, 2.45) is 0 Å². The molecule has 0 aromatic carbocycles. The van der Waals surface area contributed by atoms with Gasteiger partial charge in [0.25, 0.3) is 0 Å². The lowest BCUT2D eigenvalue weighted by atomic mass is 10.3. The second-order valence-electron chi connectivity index (χ2n) is 4.85. The molecule has 0 unspecified atom stereocenters. The molecule has 0 atom stereocenters. The summed E-state index contributed by atoms with van der Waals surface area (Å²) in [7, 11) is 0. The maximum atomic E-state index is 5.30. The van der Waals surface area contributed by atoms with Crippen molar-refractivity contribution in [3.8, 4) is 10.7 Å². The summed E-state index contributed by atoms with van der Waals surface area (Å²) in [6.45, 7) is 0. The summed E-state index contributed by atoms with van der Waals surface area (Å²) >= 11 is 3.29. The van der Waals surface area contributed by atoms with Crippen LogP contribution in [0.5, 0.6) is 0 Å². The fraction of sp³-hybridized carbons (Fsp3) is 0.200. The molecule has 23 heavy (non-hydrogen) atoms. The average molecular weight is 343 g/mol. The fourth-order valence-electron chi connectivity index (χ4n) is 2.17. The van der Waals surface area contributed by atoms with E-state index in [4.69, 9.17) is 4.52 Å². The molecule has 0 amide bonds. The lowest BCUT2D eigenvalue weighted by molar-refractivity contribution is 0.378. The van der Waals surface area contributed by atoms with Gasteiger partial charge in [-0.25, -0.2) is 0 Å². The Hall–Kier alpha value is -2.19. The molecule has 0 aliphatic rings. The minimum Gasteiger partial charge on any atom is -0.339 e. The number of hydrogen-bond donors (Lipinski definition) is 0. The number of nitrogens with zero attached hydrogens (tertiary/aromatic N) is 5. The summed E-state index contributed by atoms with van der Waals surface area (Å²) in [5, 5.41) is 15.3. The maximum Gasteiger partial charge on any atom is 0.227 e. The van der Waals surface area contributed by atoms with E-state index in [9.17, 15) is 0 Å². The van der Waals surface area contributed by atoms with Crippen LogP contribution in [-0.4, -0.2) is 30.5 Å². The van der Waals surface area contributed by atoms with E-state index in [0.29, 0.717) is 11.7 Å². The SMILES string of the molecule is c1csc(-c2noc(CCCSc3nnc4ccccn34)n2)c1. The van der Waals surface area contributed by atoms with E-state index in [-0.39, 0.29) is 0 Å². The molecule has 116 valence electrons. The van der Waals surface area contributed by atoms with Crippen molar-refractivity contribution >= 4 is 28.7 Å². The van der Waals surface area contributed by atoms with E-state index in [1.165, 1.54) is 0 Å². The van der Waals surface area contributed by atoms with Gasteiger partial charge in [-0.2, -0.15) is 4.98 Å². The highest BCUT2D eigenvalue weighted by Gasteiger charge is 2.10. The van der Waals surface area contributed by atoms with Gasteiger partial charge >= 0.3 is 0 Å². The van der Waals surface area contributed by atoms with Crippen LogP contribution in [0.15, 0.2) is 51.6 Å². The van der Waals surface area contributed by atoms with Gasteiger partial charge in [0.05, 0.1) is 4.88 Å². The van der Waals surface area contributed by atoms with Crippen LogP contribution in [0.3, 0.4) is 0 Å². The Balaban J connectivity index is 1.32. The van der Waals surface area contributed by atoms with Crippen molar-refractivity contribution in [1.82, 2.24) is 24.7 Å². The minimum absolute atomic E-state index is 0.672. The van der Waals surface area contributed by atoms with E-state index in [1.807, 2.05) is 46.3 Å². The Bertz CT molecular complexity index is 900. The second kappa shape index (κ2) is 6.51. The molecule has 0 aliphatic carbocycles. The summed E-state index contributed by atoms with van der Waals surface area (Å²) in [5.41, 5.74) is 0.868. The number of hydrogen-bond acceptors (Lipinski definition) is 7. The third-order valence-electron chi connectivity index (χ3n) is 3.26. The molecule has 4 rings (SSSR count). The van der Waals surface area contributed by atoms with Crippen LogP contribution in [0.2, 0.25) is 0 Å². The van der Waals surface area contributed by atoms with Crippen molar-refractivity contribution in [1.29, 1.82) is 0 Å². The van der Waals surface area contributed by atoms with E-state index in [2.05, 4.69) is 20.3 Å². The molecular weight excluding hydrogens is 330 g/mol. The summed E-state index contributed by atoms with van der Waals surface area (Å²) in [6, 6.07) is 9.85. The van der Waals surface area contributed by atoms with Gasteiger partial charge in [-0.15, -0.1) is 21.5 Å². The molecule has 0 bridgehead atoms. The molecule has 0 fully saturated rings. The van der Waals surface area contributed by atoms with Crippen molar-refractivity contribution in [2.45, 2.75) is 18.0 Å². The number of thioether (sulfide) groups is 1. The quantitative estimate of drug-likeness (QED) is 0.394. The summed E-state index contributed by atoms with van der Waals surface area (Å²) in [4.78, 5) is 5.46. The van der Waals surface area contributed by atoms with Crippen LogP contribution in [0.1, 0.15) is 12.3 Å². The largest absolute Gasteiger partial charge is 0.339 e. The maximum absolute atomic E-state index is 5.30. The zero-order chi connectivity index (χ0) is 15.5. The van der Waals surface area contributed by atoms with Crippen molar-refractivity contribution < 1.29 is 4.52 Å². The summed E-state index contributed by atoms with van der Waals surface area (Å²) in [6.07, 6.45) is 3.68. The minimum atomic E-state index is 0.672. The molecule has 8 heteroatoms. The normalized spacial score (nSPS) is 11.3. The van der Waals surface area contributed by atoms with Gasteiger partial charge in [0.2, 0.25) is 11.7 Å². The Labute approximate surface area is 140 Å². The van der Waals surface area contributed by atoms with Crippen molar-refractivity contribution in [2.75, 3.05) is 5.75 Å². The monoisotopic (exact) mass is 343 g/mol. The van der Waals surface area contributed by atoms with Crippen LogP contribution >= 0.6 is 23.1 Å². The number of pyridine rings is 1. The van der Waals surface area contributed by atoms with Crippen LogP contribution in [-0.2, 0) is 6.42 Å². The standard InChI is InChI=1S/C15H13N5OS2/c1-2-8-20-12(6-1)17-18-15(20)23-10-4-7-13-16-14(19-21-13)11-5-3-9-22-11/h1-3,5-6,8-9H,4,7,10H2. The number of thiophene rings is 1. The second-order valence-corrected chi connectivity index (χ2v) is 6.86. The summed E-state index contributed by atoms with van der Waals surface area (Å²) in [5.74, 6) is 2.28. The number of aryl methyl sites for hydroxylation is 1. The third-order valence-corrected chi connectivity index (χ3v) is 5.15. The first-order valence-electron chi connectivity index (χ1n) is 7.19. The molecule has 0 saturated carbocycles. The van der Waals surface area contributed by atoms with Gasteiger partial charge in [0.15, 0.2) is 10.8 Å². The van der Waals surface area contributed by atoms with Gasteiger partial charge in [-0.3, -0.25) is 4.40 Å². The molecular formula is C15H13N5OS2. The predicted molar refractivity (Wildman–Crippen MR) is 89.6 cm³/mol. The predicted octanol–water partition coefficient (Wildman–Crippen LogP) is 3.57. The van der Waals surface area contributed by atoms with Gasteiger partial charge in [-0.1, -0.05) is 29.1 Å². The first-order chi connectivity index (χ1) is 11.4. The smallest absolute Gasteiger partial charge is 0.227 e. The topological polar surface area (TPSA) is 69.1 Å². The number of rotatable bonds is 6. The van der Waals surface area contributed by atoms with Gasteiger partial charge in [0, 0.05) is 18.4 Å². The molecule has 4 aromatic rings. The van der Waals surface area contributed by atoms with Gasteiger partial charge in [-0.05, 0) is 30.0 Å². The van der Waals surface area contributed by atoms with E-state index in [1.54, 1.807) is 23.1 Å². The van der Waals surface area contributed by atoms with Gasteiger partial charge in [0.1, 0.15) is 0 Å². The zero-order valence-electron chi connectivity index (χ0n) is 12.1. The Kier molecular flexibility index (Phi) is 4.08. The highest BCUT2D eigenvalue weighted by Crippen LogP contribution is 2.22. The highest BCUT2D eigenvalue weighted by molar-refractivity contribution is 7.99. The van der Waals surface area contributed by atoms with E-state index < -0.39 is 0 Å². The Morgan fingerprint density at radius 3 is 3.09 bits per heavy atom. The average Bonchev–Trinajstić information content (AvgIpc) is 3.31. The van der Waals surface area contributed by atoms with Gasteiger partial charge < -0.3 is 4.52 Å². The zero-order valence-corrected chi connectivity index (χ0v) is 13.8. The lowest BCUT2D eigenvalue weighted by Gasteiger charge is -1.98. The van der Waals surface area contributed by atoms with Crippen LogP contribution in [0, 0.1) is 0 Å². The molecule has 0 N–H and O–H groups in total. The first-order valence-corrected chi connectivity index (χ1v) is 9.06. The van der Waals surface area contributed by atoms with Crippen LogP contribution < -0.4 is 0 Å². The number of fused-ring (bicyclic) bond motifs is 1. The summed E-state index contributed by atoms with van der Waals surface area (Å²) < 4.78 is 7.29. The first kappa shape index (κ1) is 14.4. The molecule has 6 nitrogen and oxygen atoms in total. The molecule has 0 radical (unpaired) electrons. The van der Waals surface area contributed by atoms with Crippen molar-refractivity contribution in [3.05, 3.63) is 47.8 Å². The highest BCUT2D eigenvalue weighted by atomic mass is 32.2. The van der Waals surface area contributed by atoms with Crippen molar-refractivity contribution in [3.63, 3.8) is 0 Å². The Morgan fingerprint density at radius 1 is 1.17 bits per heavy atom. The van der Waals surface area contributed by atoms with E-state index >= 15 is 0 Å². The fourth-order valence-corrected chi connectivity index (χ4v) is 3.68. The van der Waals surface area contributed by atoms with E-state index in [0.717, 1.165) is 34.3 Å². The molecule has 0 spiro atoms. The molecule has 4 heterocycles.